The van der Waals surface area contributed by atoms with Crippen molar-refractivity contribution in [3.05, 3.63) is 47.5 Å². The summed E-state index contributed by atoms with van der Waals surface area (Å²) < 4.78 is 5.02. The number of esters is 1. The maximum absolute atomic E-state index is 11.7. The molecule has 2 heteroatoms. The molecule has 0 aliphatic rings. The minimum atomic E-state index is -0.245. The van der Waals surface area contributed by atoms with Crippen molar-refractivity contribution in [1.29, 1.82) is 0 Å². The van der Waals surface area contributed by atoms with E-state index in [1.54, 1.807) is 0 Å². The van der Waals surface area contributed by atoms with Gasteiger partial charge in [-0.25, -0.2) is 4.79 Å². The number of hydrogen-bond acceptors (Lipinski definition) is 2. The van der Waals surface area contributed by atoms with Crippen LogP contribution in [0.4, 0.5) is 0 Å². The van der Waals surface area contributed by atoms with Gasteiger partial charge in [-0.3, -0.25) is 0 Å². The smallest absolute Gasteiger partial charge is 0.338 e. The summed E-state index contributed by atoms with van der Waals surface area (Å²) in [6, 6.07) is 11.8. The van der Waals surface area contributed by atoms with Gasteiger partial charge in [-0.15, -0.1) is 0 Å². The lowest BCUT2D eigenvalue weighted by molar-refractivity contribution is 0.0526. The van der Waals surface area contributed by atoms with Gasteiger partial charge in [0.05, 0.1) is 12.2 Å². The molecule has 0 bridgehead atoms. The van der Waals surface area contributed by atoms with Gasteiger partial charge in [-0.1, -0.05) is 30.3 Å². The molecule has 0 saturated heterocycles. The number of benzene rings is 2. The molecule has 0 radical (unpaired) electrons. The number of hydrogen-bond donors (Lipinski definition) is 0. The fourth-order valence-electron chi connectivity index (χ4n) is 1.86. The zero-order valence-electron chi connectivity index (χ0n) is 9.49. The summed E-state index contributed by atoms with van der Waals surface area (Å²) in [5.41, 5.74) is 1.64. The van der Waals surface area contributed by atoms with Gasteiger partial charge < -0.3 is 4.74 Å². The van der Waals surface area contributed by atoms with E-state index in [-0.39, 0.29) is 5.97 Å². The zero-order valence-corrected chi connectivity index (χ0v) is 9.49. The van der Waals surface area contributed by atoms with Crippen LogP contribution in [0.3, 0.4) is 0 Å². The van der Waals surface area contributed by atoms with Crippen LogP contribution in [0, 0.1) is 6.92 Å². The molecule has 16 heavy (non-hydrogen) atoms. The van der Waals surface area contributed by atoms with Crippen molar-refractivity contribution in [1.82, 2.24) is 0 Å². The standard InChI is InChI=1S/C14H14O2/c1-3-16-14(15)13-9-8-11-6-4-5-7-12(11)10(13)2/h4-9H,3H2,1-2H3. The lowest BCUT2D eigenvalue weighted by Crippen LogP contribution is -2.06. The van der Waals surface area contributed by atoms with Crippen LogP contribution in [0.5, 0.6) is 0 Å². The van der Waals surface area contributed by atoms with E-state index in [1.165, 1.54) is 0 Å². The number of fused-ring (bicyclic) bond motifs is 1. The van der Waals surface area contributed by atoms with E-state index in [0.29, 0.717) is 12.2 Å². The van der Waals surface area contributed by atoms with Crippen LogP contribution in [0.2, 0.25) is 0 Å². The minimum absolute atomic E-state index is 0.245. The predicted octanol–water partition coefficient (Wildman–Crippen LogP) is 3.32. The van der Waals surface area contributed by atoms with Crippen molar-refractivity contribution >= 4 is 16.7 Å². The van der Waals surface area contributed by atoms with Crippen LogP contribution in [0.1, 0.15) is 22.8 Å². The van der Waals surface area contributed by atoms with Gasteiger partial charge in [-0.2, -0.15) is 0 Å². The Labute approximate surface area is 94.8 Å². The third-order valence-electron chi connectivity index (χ3n) is 2.69. The molecular weight excluding hydrogens is 200 g/mol. The number of rotatable bonds is 2. The van der Waals surface area contributed by atoms with E-state index in [1.807, 2.05) is 50.2 Å². The van der Waals surface area contributed by atoms with E-state index in [2.05, 4.69) is 0 Å². The average molecular weight is 214 g/mol. The van der Waals surface area contributed by atoms with Crippen LogP contribution in [0.25, 0.3) is 10.8 Å². The highest BCUT2D eigenvalue weighted by Crippen LogP contribution is 2.22. The van der Waals surface area contributed by atoms with E-state index >= 15 is 0 Å². The molecule has 0 spiro atoms. The van der Waals surface area contributed by atoms with Gasteiger partial charge >= 0.3 is 5.97 Å². The Hall–Kier alpha value is -1.83. The van der Waals surface area contributed by atoms with Crippen molar-refractivity contribution in [3.63, 3.8) is 0 Å². The first kappa shape index (κ1) is 10.7. The fourth-order valence-corrected chi connectivity index (χ4v) is 1.86. The second-order valence-corrected chi connectivity index (χ2v) is 3.68. The Morgan fingerprint density at radius 2 is 1.94 bits per heavy atom. The summed E-state index contributed by atoms with van der Waals surface area (Å²) in [5.74, 6) is -0.245. The molecule has 0 aliphatic carbocycles. The molecule has 0 aromatic heterocycles. The molecule has 2 rings (SSSR count). The van der Waals surface area contributed by atoms with Crippen molar-refractivity contribution in [2.24, 2.45) is 0 Å². The van der Waals surface area contributed by atoms with Crippen molar-refractivity contribution < 1.29 is 9.53 Å². The summed E-state index contributed by atoms with van der Waals surface area (Å²) in [4.78, 5) is 11.7. The molecule has 0 heterocycles. The van der Waals surface area contributed by atoms with Gasteiger partial charge in [0.2, 0.25) is 0 Å². The van der Waals surface area contributed by atoms with E-state index in [4.69, 9.17) is 4.74 Å². The Kier molecular flexibility index (Phi) is 2.91. The number of carbonyl (C=O) groups is 1. The van der Waals surface area contributed by atoms with E-state index in [9.17, 15) is 4.79 Å². The van der Waals surface area contributed by atoms with E-state index < -0.39 is 0 Å². The normalized spacial score (nSPS) is 10.4. The fraction of sp³-hybridized carbons (Fsp3) is 0.214. The van der Waals surface area contributed by atoms with E-state index in [0.717, 1.165) is 16.3 Å². The first-order valence-corrected chi connectivity index (χ1v) is 5.39. The summed E-state index contributed by atoms with van der Waals surface area (Å²) in [5, 5.41) is 2.25. The molecule has 2 aromatic rings. The van der Waals surface area contributed by atoms with Crippen molar-refractivity contribution in [2.75, 3.05) is 6.61 Å². The molecule has 0 amide bonds. The van der Waals surface area contributed by atoms with Crippen LogP contribution in [-0.4, -0.2) is 12.6 Å². The van der Waals surface area contributed by atoms with Crippen LogP contribution in [-0.2, 0) is 4.74 Å². The van der Waals surface area contributed by atoms with Gasteiger partial charge in [0.1, 0.15) is 0 Å². The topological polar surface area (TPSA) is 26.3 Å². The maximum atomic E-state index is 11.7. The second-order valence-electron chi connectivity index (χ2n) is 3.68. The largest absolute Gasteiger partial charge is 0.462 e. The molecule has 0 saturated carbocycles. The Bertz CT molecular complexity index is 529. The highest BCUT2D eigenvalue weighted by molar-refractivity contribution is 5.98. The zero-order chi connectivity index (χ0) is 11.5. The predicted molar refractivity (Wildman–Crippen MR) is 64.6 cm³/mol. The number of aryl methyl sites for hydroxylation is 1. The maximum Gasteiger partial charge on any atom is 0.338 e. The molecule has 0 unspecified atom stereocenters. The van der Waals surface area contributed by atoms with Crippen LogP contribution in [0.15, 0.2) is 36.4 Å². The van der Waals surface area contributed by atoms with Gasteiger partial charge in [-0.05, 0) is 36.2 Å². The molecule has 2 aromatic carbocycles. The lowest BCUT2D eigenvalue weighted by atomic mass is 10.0. The summed E-state index contributed by atoms with van der Waals surface area (Å²) in [7, 11) is 0. The monoisotopic (exact) mass is 214 g/mol. The SMILES string of the molecule is CCOC(=O)c1ccc2ccccc2c1C. The minimum Gasteiger partial charge on any atom is -0.462 e. The van der Waals surface area contributed by atoms with Crippen molar-refractivity contribution in [3.8, 4) is 0 Å². The van der Waals surface area contributed by atoms with Gasteiger partial charge in [0, 0.05) is 0 Å². The first-order valence-electron chi connectivity index (χ1n) is 5.39. The van der Waals surface area contributed by atoms with Crippen LogP contribution < -0.4 is 0 Å². The molecule has 0 fully saturated rings. The van der Waals surface area contributed by atoms with Crippen LogP contribution >= 0.6 is 0 Å². The molecule has 0 aliphatic heterocycles. The molecule has 82 valence electrons. The quantitative estimate of drug-likeness (QED) is 0.717. The molecule has 0 atom stereocenters. The molecule has 0 N–H and O–H groups in total. The third-order valence-corrected chi connectivity index (χ3v) is 2.69. The summed E-state index contributed by atoms with van der Waals surface area (Å²) in [6.07, 6.45) is 0. The molecule has 2 nitrogen and oxygen atoms in total. The summed E-state index contributed by atoms with van der Waals surface area (Å²) in [6.45, 7) is 4.17. The highest BCUT2D eigenvalue weighted by atomic mass is 16.5. The first-order chi connectivity index (χ1) is 7.74. The number of carbonyl (C=O) groups excluding carboxylic acids is 1. The number of ether oxygens (including phenoxy) is 1. The second kappa shape index (κ2) is 4.35. The lowest BCUT2D eigenvalue weighted by Gasteiger charge is -2.08. The van der Waals surface area contributed by atoms with Gasteiger partial charge in [0.25, 0.3) is 0 Å². The molecular formula is C14H14O2. The van der Waals surface area contributed by atoms with Gasteiger partial charge in [0.15, 0.2) is 0 Å². The van der Waals surface area contributed by atoms with Crippen molar-refractivity contribution in [2.45, 2.75) is 13.8 Å². The Balaban J connectivity index is 2.56. The third kappa shape index (κ3) is 1.78. The Morgan fingerprint density at radius 3 is 2.69 bits per heavy atom. The summed E-state index contributed by atoms with van der Waals surface area (Å²) >= 11 is 0. The average Bonchev–Trinajstić information content (AvgIpc) is 2.30. The Morgan fingerprint density at radius 1 is 1.19 bits per heavy atom. The highest BCUT2D eigenvalue weighted by Gasteiger charge is 2.11.